The molecule has 0 aliphatic rings. The van der Waals surface area contributed by atoms with Gasteiger partial charge in [-0.1, -0.05) is 74.0 Å². The Balaban J connectivity index is 4.11. The number of rotatable bonds is 21. The highest BCUT2D eigenvalue weighted by Crippen LogP contribution is 2.44. The Hall–Kier alpha value is 1.71. The second-order valence-electron chi connectivity index (χ2n) is 8.86. The third-order valence-electron chi connectivity index (χ3n) is 5.03. The lowest BCUT2D eigenvalue weighted by atomic mass is 10.1. The van der Waals surface area contributed by atoms with Crippen molar-refractivity contribution in [2.75, 3.05) is 31.3 Å². The molecule has 0 radical (unpaired) electrons. The third kappa shape index (κ3) is 16.3. The van der Waals surface area contributed by atoms with E-state index in [-0.39, 0.29) is 0 Å². The van der Waals surface area contributed by atoms with E-state index in [1.807, 2.05) is 62.0 Å². The monoisotopic (exact) mass is 532 g/mol. The van der Waals surface area contributed by atoms with Gasteiger partial charge in [0.05, 0.1) is 0 Å². The fourth-order valence-electron chi connectivity index (χ4n) is 3.62. The summed E-state index contributed by atoms with van der Waals surface area (Å²) in [6.07, 6.45) is 5.08. The van der Waals surface area contributed by atoms with E-state index in [1.54, 1.807) is 0 Å². The van der Waals surface area contributed by atoms with E-state index in [9.17, 15) is 0 Å². The zero-order valence-corrected chi connectivity index (χ0v) is 26.1. The van der Waals surface area contributed by atoms with Crippen LogP contribution >= 0.6 is 41.2 Å². The van der Waals surface area contributed by atoms with Gasteiger partial charge in [-0.05, 0) is 65.1 Å². The van der Waals surface area contributed by atoms with E-state index in [0.29, 0.717) is 25.7 Å². The smallest absolute Gasteiger partial charge is 0.374 e. The van der Waals surface area contributed by atoms with E-state index in [1.165, 1.54) is 36.8 Å². The molecule has 3 nitrogen and oxygen atoms in total. The van der Waals surface area contributed by atoms with Crippen LogP contribution in [-0.2, 0) is 13.3 Å². The molecule has 0 aromatic heterocycles. The summed E-state index contributed by atoms with van der Waals surface area (Å²) >= 11 is 0. The summed E-state index contributed by atoms with van der Waals surface area (Å²) < 4.78 is 18.2. The van der Waals surface area contributed by atoms with Gasteiger partial charge < -0.3 is 13.3 Å². The van der Waals surface area contributed by atoms with Crippen molar-refractivity contribution in [1.82, 2.24) is 0 Å². The quantitative estimate of drug-likeness (QED) is 0.0827. The molecule has 0 amide bonds. The molecular weight excluding hydrogens is 485 g/mol. The van der Waals surface area contributed by atoms with Gasteiger partial charge in [-0.25, -0.2) is 0 Å². The molecule has 0 N–H and O–H groups in total. The van der Waals surface area contributed by atoms with Crippen LogP contribution in [0.3, 0.4) is 0 Å². The van der Waals surface area contributed by atoms with Crippen LogP contribution in [0.1, 0.15) is 60.3 Å². The Morgan fingerprint density at radius 3 is 1.37 bits per heavy atom. The van der Waals surface area contributed by atoms with Crippen LogP contribution < -0.4 is 0 Å². The fraction of sp³-hybridized carbons (Fsp3) is 1.00. The Bertz CT molecular complexity index is 384. The lowest BCUT2D eigenvalue weighted by Crippen LogP contribution is -2.47. The average Bonchev–Trinajstić information content (AvgIpc) is 2.67. The molecule has 0 aromatic carbocycles. The maximum absolute atomic E-state index is 6.05. The van der Waals surface area contributed by atoms with E-state index >= 15 is 0 Å². The van der Waals surface area contributed by atoms with E-state index in [4.69, 9.17) is 13.3 Å². The first kappa shape index (κ1) is 31.7. The van der Waals surface area contributed by atoms with Crippen LogP contribution in [0, 0.1) is 11.8 Å². The van der Waals surface area contributed by atoms with E-state index < -0.39 is 16.9 Å². The first-order valence-corrected chi connectivity index (χ1v) is 22.5. The van der Waals surface area contributed by atoms with E-state index in [0.717, 1.165) is 18.4 Å². The van der Waals surface area contributed by atoms with Gasteiger partial charge in [0.2, 0.25) is 0 Å². The fourth-order valence-corrected chi connectivity index (χ4v) is 15.3. The molecule has 182 valence electrons. The van der Waals surface area contributed by atoms with Crippen molar-refractivity contribution in [2.45, 2.75) is 92.0 Å². The molecule has 0 aliphatic carbocycles. The summed E-state index contributed by atoms with van der Waals surface area (Å²) in [5.74, 6) is 4.00. The summed E-state index contributed by atoms with van der Waals surface area (Å²) in [6.45, 7) is 20.2. The lowest BCUT2D eigenvalue weighted by Gasteiger charge is -2.31. The minimum Gasteiger partial charge on any atom is -0.374 e. The molecule has 0 bridgehead atoms. The molecule has 0 saturated heterocycles. The number of hydrogen-bond donors (Lipinski definition) is 0. The topological polar surface area (TPSA) is 27.7 Å². The van der Waals surface area contributed by atoms with Crippen molar-refractivity contribution in [2.24, 2.45) is 11.8 Å². The maximum atomic E-state index is 6.05. The first-order valence-electron chi connectivity index (χ1n) is 11.7. The lowest BCUT2D eigenvalue weighted by molar-refractivity contribution is 0.0666. The summed E-state index contributed by atoms with van der Waals surface area (Å²) in [7, 11) is 4.50. The minimum atomic E-state index is -2.52. The predicted molar refractivity (Wildman–Crippen MR) is 150 cm³/mol. The molecule has 30 heavy (non-hydrogen) atoms. The van der Waals surface area contributed by atoms with Gasteiger partial charge in [-0.2, -0.15) is 0 Å². The van der Waals surface area contributed by atoms with Crippen molar-refractivity contribution in [3.63, 3.8) is 0 Å². The van der Waals surface area contributed by atoms with Gasteiger partial charge in [0.15, 0.2) is 0 Å². The zero-order chi connectivity index (χ0) is 22.9. The molecule has 0 fully saturated rings. The predicted octanol–water partition coefficient (Wildman–Crippen LogP) is 8.88. The minimum absolute atomic E-state index is 0.610. The van der Waals surface area contributed by atoms with Crippen LogP contribution in [0.4, 0.5) is 0 Å². The Kier molecular flexibility index (Phi) is 20.2. The van der Waals surface area contributed by atoms with Gasteiger partial charge in [0, 0.05) is 45.4 Å². The molecule has 0 heterocycles. The molecule has 0 spiro atoms. The number of hydrogen-bond acceptors (Lipinski definition) is 7. The second-order valence-corrected chi connectivity index (χ2v) is 23.3. The molecule has 0 rings (SSSR count). The largest absolute Gasteiger partial charge is 0.501 e. The molecule has 0 saturated carbocycles. The van der Waals surface area contributed by atoms with Crippen LogP contribution in [0.25, 0.3) is 0 Å². The van der Waals surface area contributed by atoms with Crippen molar-refractivity contribution >= 4 is 58.1 Å². The second kappa shape index (κ2) is 19.1. The highest BCUT2D eigenvalue weighted by Gasteiger charge is 2.42. The standard InChI is InChI=1S/C21H48O3S4Si2/c1-9-20(18-29(6,7)8)14-16-25-27-28-26-17-15-21(10-2)19-30(22-11-3,23-12-4)24-13-5/h20-21H,9-19H2,1-8H3. The highest BCUT2D eigenvalue weighted by molar-refractivity contribution is 9.26. The average molecular weight is 533 g/mol. The molecule has 2 atom stereocenters. The van der Waals surface area contributed by atoms with Crippen molar-refractivity contribution in [3.05, 3.63) is 0 Å². The Labute approximate surface area is 205 Å². The third-order valence-corrected chi connectivity index (χ3v) is 16.6. The summed E-state index contributed by atoms with van der Waals surface area (Å²) in [6, 6.07) is 2.42. The molecule has 9 heteroatoms. The highest BCUT2D eigenvalue weighted by atomic mass is 33.7. The maximum Gasteiger partial charge on any atom is 0.501 e. The first-order chi connectivity index (χ1) is 14.3. The molecule has 2 unspecified atom stereocenters. The van der Waals surface area contributed by atoms with Crippen LogP contribution in [0.15, 0.2) is 0 Å². The Morgan fingerprint density at radius 1 is 0.633 bits per heavy atom. The molecule has 0 aromatic rings. The normalized spacial score (nSPS) is 14.8. The van der Waals surface area contributed by atoms with Gasteiger partial charge in [-0.15, -0.1) is 0 Å². The van der Waals surface area contributed by atoms with Gasteiger partial charge in [-0.3, -0.25) is 0 Å². The van der Waals surface area contributed by atoms with Crippen LogP contribution in [-0.4, -0.2) is 48.2 Å². The van der Waals surface area contributed by atoms with Gasteiger partial charge >= 0.3 is 8.80 Å². The van der Waals surface area contributed by atoms with Crippen molar-refractivity contribution < 1.29 is 13.3 Å². The Morgan fingerprint density at radius 2 is 1.03 bits per heavy atom. The van der Waals surface area contributed by atoms with Crippen LogP contribution in [0.2, 0.25) is 31.7 Å². The SMILES string of the molecule is CCO[Si](CC(CC)CCSSSSCCC(CC)C[Si](C)(C)C)(OCC)OCC. The summed E-state index contributed by atoms with van der Waals surface area (Å²) in [4.78, 5) is 0. The van der Waals surface area contributed by atoms with E-state index in [2.05, 4.69) is 33.5 Å². The van der Waals surface area contributed by atoms with Crippen molar-refractivity contribution in [3.8, 4) is 0 Å². The van der Waals surface area contributed by atoms with Gasteiger partial charge in [0.25, 0.3) is 0 Å². The zero-order valence-electron chi connectivity index (χ0n) is 20.8. The summed E-state index contributed by atoms with van der Waals surface area (Å²) in [5, 5.41) is 0. The molecular formula is C21H48O3S4Si2. The van der Waals surface area contributed by atoms with Crippen molar-refractivity contribution in [1.29, 1.82) is 0 Å². The van der Waals surface area contributed by atoms with Crippen LogP contribution in [0.5, 0.6) is 0 Å². The molecule has 0 aliphatic heterocycles. The van der Waals surface area contributed by atoms with Gasteiger partial charge in [0.1, 0.15) is 0 Å². The summed E-state index contributed by atoms with van der Waals surface area (Å²) in [5.41, 5.74) is 0.